The second-order valence-electron chi connectivity index (χ2n) is 5.17. The lowest BCUT2D eigenvalue weighted by Gasteiger charge is -2.07. The van der Waals surface area contributed by atoms with Crippen LogP contribution in [0.25, 0.3) is 10.2 Å². The lowest BCUT2D eigenvalue weighted by atomic mass is 10.1. The van der Waals surface area contributed by atoms with Crippen LogP contribution in [-0.4, -0.2) is 29.5 Å². The highest BCUT2D eigenvalue weighted by molar-refractivity contribution is 8.01. The van der Waals surface area contributed by atoms with Crippen LogP contribution in [0.2, 0.25) is 0 Å². The van der Waals surface area contributed by atoms with Gasteiger partial charge < -0.3 is 4.74 Å². The van der Waals surface area contributed by atoms with Crippen LogP contribution in [0.4, 0.5) is 0 Å². The molecule has 0 atom stereocenters. The zero-order valence-corrected chi connectivity index (χ0v) is 15.5. The van der Waals surface area contributed by atoms with Crippen molar-refractivity contribution in [3.8, 4) is 5.75 Å². The molecule has 128 valence electrons. The average molecular weight is 371 g/mol. The minimum Gasteiger partial charge on any atom is -0.496 e. The zero-order chi connectivity index (χ0) is 17.6. The third-order valence-electron chi connectivity index (χ3n) is 3.45. The quantitative estimate of drug-likeness (QED) is 0.405. The van der Waals surface area contributed by atoms with Gasteiger partial charge in [-0.3, -0.25) is 4.79 Å². The molecule has 1 heterocycles. The molecule has 7 heteroatoms. The summed E-state index contributed by atoms with van der Waals surface area (Å²) in [5.74, 6) is 0.822. The van der Waals surface area contributed by atoms with Crippen molar-refractivity contribution in [1.29, 1.82) is 0 Å². The number of nitrogens with one attached hydrogen (secondary N) is 1. The number of rotatable bonds is 6. The summed E-state index contributed by atoms with van der Waals surface area (Å²) >= 11 is 3.00. The van der Waals surface area contributed by atoms with Gasteiger partial charge in [-0.15, -0.1) is 11.3 Å². The molecule has 1 N–H and O–H groups in total. The summed E-state index contributed by atoms with van der Waals surface area (Å²) in [7, 11) is 1.61. The maximum Gasteiger partial charge on any atom is 0.250 e. The van der Waals surface area contributed by atoms with Crippen LogP contribution in [-0.2, 0) is 4.79 Å². The Labute approximate surface area is 154 Å². The molecular formula is C18H17N3O2S2. The standard InChI is InChI=1S/C18H17N3O2S2/c1-12(13-7-3-5-9-15(13)23-2)20-21-17(22)11-24-18-19-14-8-4-6-10-16(14)25-18/h3-10H,11H2,1-2H3,(H,21,22)/b20-12+. The first-order valence-electron chi connectivity index (χ1n) is 7.62. The van der Waals surface area contributed by atoms with Crippen LogP contribution in [0.15, 0.2) is 58.0 Å². The molecule has 1 aromatic heterocycles. The molecule has 0 saturated carbocycles. The molecule has 0 aliphatic heterocycles. The number of methoxy groups -OCH3 is 1. The Morgan fingerprint density at radius 1 is 1.24 bits per heavy atom. The number of hydrogen-bond acceptors (Lipinski definition) is 6. The number of para-hydroxylation sites is 2. The Hall–Kier alpha value is -2.38. The monoisotopic (exact) mass is 371 g/mol. The predicted octanol–water partition coefficient (Wildman–Crippen LogP) is 3.94. The van der Waals surface area contributed by atoms with Crippen LogP contribution in [0.3, 0.4) is 0 Å². The van der Waals surface area contributed by atoms with Crippen LogP contribution in [0.5, 0.6) is 5.75 Å². The van der Waals surface area contributed by atoms with Crippen molar-refractivity contribution in [2.24, 2.45) is 5.10 Å². The fourth-order valence-corrected chi connectivity index (χ4v) is 4.08. The summed E-state index contributed by atoms with van der Waals surface area (Å²) in [6.07, 6.45) is 0. The lowest BCUT2D eigenvalue weighted by molar-refractivity contribution is -0.118. The van der Waals surface area contributed by atoms with E-state index in [0.717, 1.165) is 25.9 Å². The summed E-state index contributed by atoms with van der Waals surface area (Å²) in [6.45, 7) is 1.83. The molecule has 25 heavy (non-hydrogen) atoms. The molecule has 0 aliphatic carbocycles. The van der Waals surface area contributed by atoms with E-state index in [1.807, 2.05) is 55.5 Å². The van der Waals surface area contributed by atoms with E-state index in [-0.39, 0.29) is 11.7 Å². The smallest absolute Gasteiger partial charge is 0.250 e. The maximum absolute atomic E-state index is 12.0. The number of carbonyl (C=O) groups is 1. The van der Waals surface area contributed by atoms with Crippen molar-refractivity contribution in [1.82, 2.24) is 10.4 Å². The van der Waals surface area contributed by atoms with Crippen molar-refractivity contribution in [2.45, 2.75) is 11.3 Å². The molecular weight excluding hydrogens is 354 g/mol. The summed E-state index contributed by atoms with van der Waals surface area (Å²) in [6, 6.07) is 15.5. The summed E-state index contributed by atoms with van der Waals surface area (Å²) in [4.78, 5) is 16.5. The number of aromatic nitrogens is 1. The summed E-state index contributed by atoms with van der Waals surface area (Å²) in [5, 5.41) is 4.16. The van der Waals surface area contributed by atoms with Gasteiger partial charge in [-0.05, 0) is 31.2 Å². The first-order chi connectivity index (χ1) is 12.2. The van der Waals surface area contributed by atoms with Crippen LogP contribution < -0.4 is 10.2 Å². The van der Waals surface area contributed by atoms with E-state index in [2.05, 4.69) is 15.5 Å². The maximum atomic E-state index is 12.0. The summed E-state index contributed by atoms with van der Waals surface area (Å²) < 4.78 is 7.30. The highest BCUT2D eigenvalue weighted by atomic mass is 32.2. The second kappa shape index (κ2) is 8.13. The molecule has 2 aromatic carbocycles. The van der Waals surface area contributed by atoms with Crippen molar-refractivity contribution >= 4 is 44.9 Å². The van der Waals surface area contributed by atoms with E-state index in [4.69, 9.17) is 4.74 Å². The number of thiazole rings is 1. The molecule has 0 saturated heterocycles. The first kappa shape index (κ1) is 17.4. The number of fused-ring (bicyclic) bond motifs is 1. The molecule has 0 radical (unpaired) electrons. The van der Waals surface area contributed by atoms with Crippen molar-refractivity contribution in [2.75, 3.05) is 12.9 Å². The SMILES string of the molecule is COc1ccccc1/C(C)=N/NC(=O)CSc1nc2ccccc2s1. The number of nitrogens with zero attached hydrogens (tertiary/aromatic N) is 2. The molecule has 0 bridgehead atoms. The Kier molecular flexibility index (Phi) is 5.67. The molecule has 0 unspecified atom stereocenters. The third-order valence-corrected chi connectivity index (χ3v) is 5.63. The van der Waals surface area contributed by atoms with Crippen LogP contribution in [0.1, 0.15) is 12.5 Å². The minimum atomic E-state index is -0.168. The number of ether oxygens (including phenoxy) is 1. The molecule has 5 nitrogen and oxygen atoms in total. The van der Waals surface area contributed by atoms with Gasteiger partial charge in [-0.1, -0.05) is 36.0 Å². The van der Waals surface area contributed by atoms with Gasteiger partial charge in [0.05, 0.1) is 28.8 Å². The summed E-state index contributed by atoms with van der Waals surface area (Å²) in [5.41, 5.74) is 5.09. The van der Waals surface area contributed by atoms with Crippen LogP contribution in [0, 0.1) is 0 Å². The van der Waals surface area contributed by atoms with Gasteiger partial charge in [0.1, 0.15) is 5.75 Å². The number of hydrogen-bond donors (Lipinski definition) is 1. The van der Waals surface area contributed by atoms with E-state index in [1.54, 1.807) is 18.4 Å². The molecule has 0 fully saturated rings. The molecule has 0 aliphatic rings. The Morgan fingerprint density at radius 2 is 2.00 bits per heavy atom. The molecule has 1 amide bonds. The molecule has 0 spiro atoms. The van der Waals surface area contributed by atoms with E-state index >= 15 is 0 Å². The number of hydrazone groups is 1. The normalized spacial score (nSPS) is 11.5. The third kappa shape index (κ3) is 4.37. The first-order valence-corrected chi connectivity index (χ1v) is 9.42. The van der Waals surface area contributed by atoms with E-state index < -0.39 is 0 Å². The van der Waals surface area contributed by atoms with Crippen molar-refractivity contribution in [3.63, 3.8) is 0 Å². The topological polar surface area (TPSA) is 63.6 Å². The van der Waals surface area contributed by atoms with Gasteiger partial charge in [0, 0.05) is 5.56 Å². The van der Waals surface area contributed by atoms with E-state index in [9.17, 15) is 4.79 Å². The van der Waals surface area contributed by atoms with Gasteiger partial charge in [-0.2, -0.15) is 5.10 Å². The fourth-order valence-electron chi connectivity index (χ4n) is 2.22. The lowest BCUT2D eigenvalue weighted by Crippen LogP contribution is -2.21. The number of amides is 1. The Bertz CT molecular complexity index is 888. The van der Waals surface area contributed by atoms with Crippen molar-refractivity contribution < 1.29 is 9.53 Å². The van der Waals surface area contributed by atoms with Gasteiger partial charge in [0.2, 0.25) is 0 Å². The van der Waals surface area contributed by atoms with Gasteiger partial charge in [0.25, 0.3) is 5.91 Å². The Morgan fingerprint density at radius 3 is 2.80 bits per heavy atom. The second-order valence-corrected chi connectivity index (χ2v) is 7.42. The minimum absolute atomic E-state index is 0.168. The predicted molar refractivity (Wildman–Crippen MR) is 104 cm³/mol. The fraction of sp³-hybridized carbons (Fsp3) is 0.167. The van der Waals surface area contributed by atoms with E-state index in [0.29, 0.717) is 5.71 Å². The molecule has 3 rings (SSSR count). The number of benzene rings is 2. The molecule has 3 aromatic rings. The number of carbonyl (C=O) groups excluding carboxylic acids is 1. The van der Waals surface area contributed by atoms with Gasteiger partial charge in [0.15, 0.2) is 4.34 Å². The van der Waals surface area contributed by atoms with Gasteiger partial charge in [-0.25, -0.2) is 10.4 Å². The van der Waals surface area contributed by atoms with Gasteiger partial charge >= 0.3 is 0 Å². The Balaban J connectivity index is 1.58. The highest BCUT2D eigenvalue weighted by Crippen LogP contribution is 2.29. The van der Waals surface area contributed by atoms with E-state index in [1.165, 1.54) is 11.8 Å². The zero-order valence-electron chi connectivity index (χ0n) is 13.9. The highest BCUT2D eigenvalue weighted by Gasteiger charge is 2.08. The van der Waals surface area contributed by atoms with Crippen molar-refractivity contribution in [3.05, 3.63) is 54.1 Å². The number of thioether (sulfide) groups is 1. The van der Waals surface area contributed by atoms with Crippen LogP contribution >= 0.6 is 23.1 Å². The average Bonchev–Trinajstić information content (AvgIpc) is 3.07. The largest absolute Gasteiger partial charge is 0.496 e.